The van der Waals surface area contributed by atoms with Gasteiger partial charge in [0.1, 0.15) is 0 Å². The van der Waals surface area contributed by atoms with Gasteiger partial charge in [-0.1, -0.05) is 19.1 Å². The highest BCUT2D eigenvalue weighted by Gasteiger charge is 2.03. The number of rotatable bonds is 5. The lowest BCUT2D eigenvalue weighted by molar-refractivity contribution is -0.116. The highest BCUT2D eigenvalue weighted by atomic mass is 16.1. The first-order valence-electron chi connectivity index (χ1n) is 7.33. The third-order valence-corrected chi connectivity index (χ3v) is 3.53. The second-order valence-electron chi connectivity index (χ2n) is 5.25. The van der Waals surface area contributed by atoms with Crippen molar-refractivity contribution in [2.75, 3.05) is 10.6 Å². The van der Waals surface area contributed by atoms with Crippen molar-refractivity contribution < 1.29 is 4.79 Å². The molecule has 0 heterocycles. The van der Waals surface area contributed by atoms with Gasteiger partial charge >= 0.3 is 0 Å². The molecule has 2 aromatic carbocycles. The Morgan fingerprint density at radius 2 is 1.67 bits per heavy atom. The molecule has 0 aliphatic rings. The Kier molecular flexibility index (Phi) is 4.99. The molecule has 0 radical (unpaired) electrons. The van der Waals surface area contributed by atoms with E-state index in [1.807, 2.05) is 37.3 Å². The topological polar surface area (TPSA) is 41.1 Å². The van der Waals surface area contributed by atoms with Crippen LogP contribution < -0.4 is 10.6 Å². The molecule has 0 aliphatic carbocycles. The maximum Gasteiger partial charge on any atom is 0.224 e. The lowest BCUT2D eigenvalue weighted by Crippen LogP contribution is -2.10. The van der Waals surface area contributed by atoms with E-state index in [1.165, 1.54) is 11.1 Å². The Balaban J connectivity index is 2.05. The van der Waals surface area contributed by atoms with Gasteiger partial charge in [0.05, 0.1) is 0 Å². The van der Waals surface area contributed by atoms with Crippen LogP contribution in [0, 0.1) is 13.8 Å². The minimum absolute atomic E-state index is 0.0627. The van der Waals surface area contributed by atoms with Crippen molar-refractivity contribution in [1.82, 2.24) is 0 Å². The van der Waals surface area contributed by atoms with Crippen molar-refractivity contribution in [2.24, 2.45) is 0 Å². The van der Waals surface area contributed by atoms with E-state index in [0.717, 1.165) is 23.5 Å². The van der Waals surface area contributed by atoms with Gasteiger partial charge in [0.2, 0.25) is 5.91 Å². The molecule has 0 unspecified atom stereocenters. The molecule has 0 fully saturated rings. The largest absolute Gasteiger partial charge is 0.355 e. The molecule has 21 heavy (non-hydrogen) atoms. The molecule has 2 rings (SSSR count). The van der Waals surface area contributed by atoms with Crippen LogP contribution in [0.15, 0.2) is 42.5 Å². The monoisotopic (exact) mass is 282 g/mol. The summed E-state index contributed by atoms with van der Waals surface area (Å²) in [7, 11) is 0. The van der Waals surface area contributed by atoms with Gasteiger partial charge in [-0.2, -0.15) is 0 Å². The van der Waals surface area contributed by atoms with E-state index in [2.05, 4.69) is 36.6 Å². The molecule has 0 saturated heterocycles. The van der Waals surface area contributed by atoms with Crippen molar-refractivity contribution in [1.29, 1.82) is 0 Å². The summed E-state index contributed by atoms with van der Waals surface area (Å²) in [5.74, 6) is 0.0627. The zero-order chi connectivity index (χ0) is 15.2. The number of nitrogens with one attached hydrogen (secondary N) is 2. The van der Waals surface area contributed by atoms with Crippen LogP contribution >= 0.6 is 0 Å². The van der Waals surface area contributed by atoms with E-state index < -0.39 is 0 Å². The van der Waals surface area contributed by atoms with Gasteiger partial charge in [-0.3, -0.25) is 4.79 Å². The summed E-state index contributed by atoms with van der Waals surface area (Å²) in [6, 6.07) is 14.0. The average Bonchev–Trinajstić information content (AvgIpc) is 2.46. The Morgan fingerprint density at radius 1 is 1.00 bits per heavy atom. The Labute approximate surface area is 126 Å². The predicted molar refractivity (Wildman–Crippen MR) is 89.2 cm³/mol. The number of amides is 1. The normalized spacial score (nSPS) is 10.2. The van der Waals surface area contributed by atoms with Crippen LogP contribution in [-0.2, 0) is 4.79 Å². The molecule has 110 valence electrons. The Bertz CT molecular complexity index is 618. The number of carbonyl (C=O) groups is 1. The molecule has 3 heteroatoms. The number of anilines is 3. The maximum absolute atomic E-state index is 11.5. The quantitative estimate of drug-likeness (QED) is 0.828. The van der Waals surface area contributed by atoms with Crippen LogP contribution in [0.2, 0.25) is 0 Å². The minimum atomic E-state index is 0.0627. The van der Waals surface area contributed by atoms with E-state index in [9.17, 15) is 4.79 Å². The van der Waals surface area contributed by atoms with Crippen molar-refractivity contribution in [3.05, 3.63) is 53.6 Å². The smallest absolute Gasteiger partial charge is 0.224 e. The van der Waals surface area contributed by atoms with Crippen LogP contribution in [0.25, 0.3) is 0 Å². The van der Waals surface area contributed by atoms with E-state index in [-0.39, 0.29) is 5.91 Å². The molecule has 2 N–H and O–H groups in total. The third kappa shape index (κ3) is 4.09. The summed E-state index contributed by atoms with van der Waals surface area (Å²) in [5.41, 5.74) is 5.47. The highest BCUT2D eigenvalue weighted by Crippen LogP contribution is 2.23. The van der Waals surface area contributed by atoms with Crippen LogP contribution in [0.5, 0.6) is 0 Å². The molecule has 0 bridgehead atoms. The SMILES string of the molecule is CCCC(=O)Nc1ccc(Nc2cccc(C)c2C)cc1. The molecule has 1 amide bonds. The molecule has 0 aromatic heterocycles. The fourth-order valence-electron chi connectivity index (χ4n) is 2.13. The summed E-state index contributed by atoms with van der Waals surface area (Å²) >= 11 is 0. The number of hydrogen-bond acceptors (Lipinski definition) is 2. The number of hydrogen-bond donors (Lipinski definition) is 2. The zero-order valence-corrected chi connectivity index (χ0v) is 12.9. The number of benzene rings is 2. The zero-order valence-electron chi connectivity index (χ0n) is 12.9. The van der Waals surface area contributed by atoms with Gasteiger partial charge in [-0.25, -0.2) is 0 Å². The number of aryl methyl sites for hydroxylation is 1. The first-order valence-corrected chi connectivity index (χ1v) is 7.33. The summed E-state index contributed by atoms with van der Waals surface area (Å²) in [5, 5.41) is 6.29. The summed E-state index contributed by atoms with van der Waals surface area (Å²) in [6.45, 7) is 6.21. The third-order valence-electron chi connectivity index (χ3n) is 3.53. The first kappa shape index (κ1) is 15.1. The lowest BCUT2D eigenvalue weighted by atomic mass is 10.1. The van der Waals surface area contributed by atoms with Gasteiger partial charge in [0, 0.05) is 23.5 Å². The van der Waals surface area contributed by atoms with Crippen LogP contribution in [0.1, 0.15) is 30.9 Å². The molecular formula is C18H22N2O. The standard InChI is InChI=1S/C18H22N2O/c1-4-6-18(21)20-16-11-9-15(10-12-16)19-17-8-5-7-13(2)14(17)3/h5,7-12,19H,4,6H2,1-3H3,(H,20,21). The Morgan fingerprint density at radius 3 is 2.33 bits per heavy atom. The van der Waals surface area contributed by atoms with Crippen molar-refractivity contribution in [2.45, 2.75) is 33.6 Å². The van der Waals surface area contributed by atoms with Gasteiger partial charge in [0.25, 0.3) is 0 Å². The molecule has 2 aromatic rings. The summed E-state index contributed by atoms with van der Waals surface area (Å²) < 4.78 is 0. The molecule has 0 atom stereocenters. The fourth-order valence-corrected chi connectivity index (χ4v) is 2.13. The minimum Gasteiger partial charge on any atom is -0.355 e. The highest BCUT2D eigenvalue weighted by molar-refractivity contribution is 5.90. The molecule has 3 nitrogen and oxygen atoms in total. The maximum atomic E-state index is 11.5. The molecular weight excluding hydrogens is 260 g/mol. The van der Waals surface area contributed by atoms with Crippen molar-refractivity contribution >= 4 is 23.0 Å². The Hall–Kier alpha value is -2.29. The van der Waals surface area contributed by atoms with Gasteiger partial charge in [-0.05, 0) is 61.7 Å². The van der Waals surface area contributed by atoms with Gasteiger partial charge in [0.15, 0.2) is 0 Å². The van der Waals surface area contributed by atoms with Gasteiger partial charge in [-0.15, -0.1) is 0 Å². The van der Waals surface area contributed by atoms with Crippen molar-refractivity contribution in [3.8, 4) is 0 Å². The number of carbonyl (C=O) groups excluding carboxylic acids is 1. The van der Waals surface area contributed by atoms with E-state index in [0.29, 0.717) is 6.42 Å². The van der Waals surface area contributed by atoms with Gasteiger partial charge < -0.3 is 10.6 Å². The second-order valence-corrected chi connectivity index (χ2v) is 5.25. The van der Waals surface area contributed by atoms with E-state index in [4.69, 9.17) is 0 Å². The van der Waals surface area contributed by atoms with Crippen LogP contribution in [0.4, 0.5) is 17.1 Å². The van der Waals surface area contributed by atoms with E-state index in [1.54, 1.807) is 0 Å². The summed E-state index contributed by atoms with van der Waals surface area (Å²) in [6.07, 6.45) is 1.42. The molecule has 0 spiro atoms. The predicted octanol–water partition coefficient (Wildman–Crippen LogP) is 4.79. The second kappa shape index (κ2) is 6.93. The van der Waals surface area contributed by atoms with Crippen LogP contribution in [-0.4, -0.2) is 5.91 Å². The van der Waals surface area contributed by atoms with Crippen molar-refractivity contribution in [3.63, 3.8) is 0 Å². The summed E-state index contributed by atoms with van der Waals surface area (Å²) in [4.78, 5) is 11.5. The van der Waals surface area contributed by atoms with Crippen LogP contribution in [0.3, 0.4) is 0 Å². The average molecular weight is 282 g/mol. The fraction of sp³-hybridized carbons (Fsp3) is 0.278. The van der Waals surface area contributed by atoms with E-state index >= 15 is 0 Å². The lowest BCUT2D eigenvalue weighted by Gasteiger charge is -2.12. The molecule has 0 aliphatic heterocycles. The first-order chi connectivity index (χ1) is 10.1. The molecule has 0 saturated carbocycles.